The first kappa shape index (κ1) is 18.6. The molecule has 0 spiro atoms. The summed E-state index contributed by atoms with van der Waals surface area (Å²) in [6.45, 7) is 2.63. The topological polar surface area (TPSA) is 60.0 Å². The monoisotopic (exact) mass is 382 g/mol. The molecule has 1 N–H and O–H groups in total. The van der Waals surface area contributed by atoms with E-state index < -0.39 is 0 Å². The maximum Gasteiger partial charge on any atom is 0.238 e. The maximum absolute atomic E-state index is 12.6. The molecule has 1 atom stereocenters. The number of carbonyl (C=O) groups excluding carboxylic acids is 1. The first-order chi connectivity index (χ1) is 13.7. The number of likely N-dealkylation sites (tertiary alicyclic amines) is 1. The molecule has 1 fully saturated rings. The van der Waals surface area contributed by atoms with E-state index in [9.17, 15) is 4.79 Å². The largest absolute Gasteiger partial charge is 0.497 e. The number of benzene rings is 2. The second-order valence-electron chi connectivity index (χ2n) is 7.17. The standard InChI is InChI=1S/C22H26N2O4/c1-26-18-6-2-5-17(14-18)23-22(25)15-24-10-3-7-19(24)16-8-9-20-21(13-16)28-12-4-11-27-20/h2,5-6,8-9,13-14,19H,3-4,7,10-12,15H2,1H3,(H,23,25). The van der Waals surface area contributed by atoms with Crippen molar-refractivity contribution in [1.82, 2.24) is 4.90 Å². The van der Waals surface area contributed by atoms with Gasteiger partial charge in [0.15, 0.2) is 11.5 Å². The molecule has 2 aliphatic heterocycles. The van der Waals surface area contributed by atoms with Gasteiger partial charge in [-0.15, -0.1) is 0 Å². The highest BCUT2D eigenvalue weighted by Gasteiger charge is 2.28. The van der Waals surface area contributed by atoms with E-state index in [-0.39, 0.29) is 11.9 Å². The summed E-state index contributed by atoms with van der Waals surface area (Å²) in [4.78, 5) is 14.8. The van der Waals surface area contributed by atoms with Gasteiger partial charge in [-0.2, -0.15) is 0 Å². The van der Waals surface area contributed by atoms with Crippen molar-refractivity contribution in [3.8, 4) is 17.2 Å². The van der Waals surface area contributed by atoms with Crippen LogP contribution in [0.1, 0.15) is 30.9 Å². The molecule has 1 saturated heterocycles. The normalized spacial score (nSPS) is 19.1. The average molecular weight is 382 g/mol. The quantitative estimate of drug-likeness (QED) is 0.856. The van der Waals surface area contributed by atoms with Crippen molar-refractivity contribution in [1.29, 1.82) is 0 Å². The van der Waals surface area contributed by atoms with E-state index in [2.05, 4.69) is 22.3 Å². The highest BCUT2D eigenvalue weighted by atomic mass is 16.5. The molecular formula is C22H26N2O4. The van der Waals surface area contributed by atoms with Crippen LogP contribution in [0.25, 0.3) is 0 Å². The molecule has 28 heavy (non-hydrogen) atoms. The Morgan fingerprint density at radius 1 is 1.14 bits per heavy atom. The smallest absolute Gasteiger partial charge is 0.238 e. The van der Waals surface area contributed by atoms with E-state index in [4.69, 9.17) is 14.2 Å². The number of rotatable bonds is 5. The number of hydrogen-bond acceptors (Lipinski definition) is 5. The zero-order valence-electron chi connectivity index (χ0n) is 16.1. The van der Waals surface area contributed by atoms with Crippen molar-refractivity contribution >= 4 is 11.6 Å². The number of nitrogens with zero attached hydrogens (tertiary/aromatic N) is 1. The molecule has 1 amide bonds. The van der Waals surface area contributed by atoms with Gasteiger partial charge in [-0.25, -0.2) is 0 Å². The third-order valence-corrected chi connectivity index (χ3v) is 5.22. The minimum atomic E-state index is -0.0190. The summed E-state index contributed by atoms with van der Waals surface area (Å²) in [6.07, 6.45) is 3.00. The second-order valence-corrected chi connectivity index (χ2v) is 7.17. The molecule has 6 heteroatoms. The summed E-state index contributed by atoms with van der Waals surface area (Å²) in [5, 5.41) is 2.97. The van der Waals surface area contributed by atoms with Crippen LogP contribution in [-0.4, -0.2) is 44.2 Å². The van der Waals surface area contributed by atoms with E-state index in [1.165, 1.54) is 5.56 Å². The molecule has 1 unspecified atom stereocenters. The van der Waals surface area contributed by atoms with Gasteiger partial charge >= 0.3 is 0 Å². The fourth-order valence-electron chi connectivity index (χ4n) is 3.87. The Bertz CT molecular complexity index is 839. The van der Waals surface area contributed by atoms with Crippen LogP contribution < -0.4 is 19.5 Å². The van der Waals surface area contributed by atoms with Crippen molar-refractivity contribution in [2.45, 2.75) is 25.3 Å². The number of ether oxygens (including phenoxy) is 3. The summed E-state index contributed by atoms with van der Waals surface area (Å²) in [7, 11) is 1.62. The van der Waals surface area contributed by atoms with Crippen molar-refractivity contribution in [3.63, 3.8) is 0 Å². The highest BCUT2D eigenvalue weighted by molar-refractivity contribution is 5.92. The predicted molar refractivity (Wildman–Crippen MR) is 107 cm³/mol. The lowest BCUT2D eigenvalue weighted by Gasteiger charge is -2.25. The van der Waals surface area contributed by atoms with Gasteiger partial charge in [0.2, 0.25) is 5.91 Å². The molecule has 0 saturated carbocycles. The van der Waals surface area contributed by atoms with E-state index in [1.54, 1.807) is 7.11 Å². The molecule has 2 aromatic carbocycles. The van der Waals surface area contributed by atoms with Gasteiger partial charge in [0.25, 0.3) is 0 Å². The van der Waals surface area contributed by atoms with E-state index in [0.29, 0.717) is 19.8 Å². The van der Waals surface area contributed by atoms with Crippen LogP contribution >= 0.6 is 0 Å². The minimum Gasteiger partial charge on any atom is -0.497 e. The fraction of sp³-hybridized carbons (Fsp3) is 0.409. The van der Waals surface area contributed by atoms with Gasteiger partial charge in [-0.05, 0) is 49.2 Å². The maximum atomic E-state index is 12.6. The van der Waals surface area contributed by atoms with E-state index in [0.717, 1.165) is 48.7 Å². The van der Waals surface area contributed by atoms with Gasteiger partial charge in [0.05, 0.1) is 26.9 Å². The number of methoxy groups -OCH3 is 1. The summed E-state index contributed by atoms with van der Waals surface area (Å²) in [5.41, 5.74) is 1.92. The number of anilines is 1. The molecule has 2 aromatic rings. The zero-order chi connectivity index (χ0) is 19.3. The molecule has 6 nitrogen and oxygen atoms in total. The Kier molecular flexibility index (Phi) is 5.67. The highest BCUT2D eigenvalue weighted by Crippen LogP contribution is 2.37. The third-order valence-electron chi connectivity index (χ3n) is 5.22. The Morgan fingerprint density at radius 3 is 2.86 bits per heavy atom. The molecule has 0 aliphatic carbocycles. The van der Waals surface area contributed by atoms with Crippen LogP contribution in [0.4, 0.5) is 5.69 Å². The van der Waals surface area contributed by atoms with Crippen LogP contribution in [0, 0.1) is 0 Å². The molecule has 2 aliphatic rings. The van der Waals surface area contributed by atoms with Gasteiger partial charge in [-0.1, -0.05) is 12.1 Å². The first-order valence-electron chi connectivity index (χ1n) is 9.80. The summed E-state index contributed by atoms with van der Waals surface area (Å²) in [6, 6.07) is 13.8. The summed E-state index contributed by atoms with van der Waals surface area (Å²) in [5.74, 6) is 2.32. The Hall–Kier alpha value is -2.73. The van der Waals surface area contributed by atoms with Crippen molar-refractivity contribution in [2.24, 2.45) is 0 Å². The van der Waals surface area contributed by atoms with Crippen LogP contribution in [0.5, 0.6) is 17.2 Å². The number of fused-ring (bicyclic) bond motifs is 1. The lowest BCUT2D eigenvalue weighted by atomic mass is 10.0. The number of carbonyl (C=O) groups is 1. The van der Waals surface area contributed by atoms with Gasteiger partial charge in [0.1, 0.15) is 5.75 Å². The van der Waals surface area contributed by atoms with Crippen LogP contribution in [0.15, 0.2) is 42.5 Å². The summed E-state index contributed by atoms with van der Waals surface area (Å²) >= 11 is 0. The second kappa shape index (κ2) is 8.52. The van der Waals surface area contributed by atoms with E-state index in [1.807, 2.05) is 30.3 Å². The SMILES string of the molecule is COc1cccc(NC(=O)CN2CCCC2c2ccc3c(c2)OCCCO3)c1. The van der Waals surface area contributed by atoms with E-state index >= 15 is 0 Å². The van der Waals surface area contributed by atoms with Gasteiger partial charge in [-0.3, -0.25) is 9.69 Å². The predicted octanol–water partition coefficient (Wildman–Crippen LogP) is 3.63. The molecule has 2 heterocycles. The Morgan fingerprint density at radius 2 is 2.00 bits per heavy atom. The molecular weight excluding hydrogens is 356 g/mol. The lowest BCUT2D eigenvalue weighted by Crippen LogP contribution is -2.32. The number of amides is 1. The minimum absolute atomic E-state index is 0.0190. The third kappa shape index (κ3) is 4.22. The molecule has 4 rings (SSSR count). The van der Waals surface area contributed by atoms with Crippen LogP contribution in [0.3, 0.4) is 0 Å². The molecule has 148 valence electrons. The van der Waals surface area contributed by atoms with Gasteiger partial charge in [0, 0.05) is 24.2 Å². The van der Waals surface area contributed by atoms with Crippen molar-refractivity contribution in [3.05, 3.63) is 48.0 Å². The molecule has 0 bridgehead atoms. The lowest BCUT2D eigenvalue weighted by molar-refractivity contribution is -0.117. The molecule has 0 aromatic heterocycles. The van der Waals surface area contributed by atoms with Crippen molar-refractivity contribution in [2.75, 3.05) is 38.7 Å². The van der Waals surface area contributed by atoms with Gasteiger partial charge < -0.3 is 19.5 Å². The number of hydrogen-bond donors (Lipinski definition) is 1. The van der Waals surface area contributed by atoms with Crippen LogP contribution in [-0.2, 0) is 4.79 Å². The number of nitrogens with one attached hydrogen (secondary N) is 1. The first-order valence-corrected chi connectivity index (χ1v) is 9.80. The zero-order valence-corrected chi connectivity index (χ0v) is 16.1. The fourth-order valence-corrected chi connectivity index (χ4v) is 3.87. The Labute approximate surface area is 165 Å². The summed E-state index contributed by atoms with van der Waals surface area (Å²) < 4.78 is 16.8. The Balaban J connectivity index is 1.43. The van der Waals surface area contributed by atoms with Crippen molar-refractivity contribution < 1.29 is 19.0 Å². The molecule has 0 radical (unpaired) electrons. The average Bonchev–Trinajstić information content (AvgIpc) is 3.03. The van der Waals surface area contributed by atoms with Crippen LogP contribution in [0.2, 0.25) is 0 Å².